The number of aromatic nitrogens is 1. The van der Waals surface area contributed by atoms with Crippen molar-refractivity contribution in [2.45, 2.75) is 25.7 Å². The monoisotopic (exact) mass is 249 g/mol. The summed E-state index contributed by atoms with van der Waals surface area (Å²) < 4.78 is 0. The molecule has 1 amide bonds. The fourth-order valence-corrected chi connectivity index (χ4v) is 2.14. The zero-order valence-corrected chi connectivity index (χ0v) is 10.0. The number of hydrogen-bond acceptors (Lipinski definition) is 3. The van der Waals surface area contributed by atoms with Gasteiger partial charge in [0.2, 0.25) is 0 Å². The summed E-state index contributed by atoms with van der Waals surface area (Å²) in [5.74, 6) is 0.769. The second kappa shape index (κ2) is 4.11. The molecule has 1 fully saturated rings. The molecule has 1 saturated carbocycles. The number of anilines is 1. The molecular formula is C12H12ClN3O. The third-order valence-electron chi connectivity index (χ3n) is 3.01. The summed E-state index contributed by atoms with van der Waals surface area (Å²) in [6.45, 7) is 0. The van der Waals surface area contributed by atoms with E-state index in [1.54, 1.807) is 18.3 Å². The van der Waals surface area contributed by atoms with Crippen molar-refractivity contribution in [3.8, 4) is 0 Å². The first-order valence-corrected chi connectivity index (χ1v) is 6.11. The van der Waals surface area contributed by atoms with Crippen molar-refractivity contribution in [2.75, 3.05) is 5.01 Å². The van der Waals surface area contributed by atoms with Crippen LogP contribution >= 0.6 is 11.6 Å². The van der Waals surface area contributed by atoms with E-state index in [0.717, 1.165) is 18.1 Å². The normalized spacial score (nSPS) is 19.7. The van der Waals surface area contributed by atoms with E-state index in [9.17, 15) is 4.79 Å². The number of hydrazone groups is 1. The second-order valence-electron chi connectivity index (χ2n) is 4.53. The fourth-order valence-electron chi connectivity index (χ4n) is 1.98. The third kappa shape index (κ3) is 2.31. The molecule has 0 aromatic carbocycles. The van der Waals surface area contributed by atoms with Gasteiger partial charge in [0.1, 0.15) is 5.15 Å². The first-order valence-electron chi connectivity index (χ1n) is 5.73. The average molecular weight is 250 g/mol. The van der Waals surface area contributed by atoms with E-state index in [1.165, 1.54) is 17.9 Å². The molecule has 1 aliphatic heterocycles. The molecular weight excluding hydrogens is 238 g/mol. The van der Waals surface area contributed by atoms with E-state index in [2.05, 4.69) is 10.1 Å². The molecule has 0 spiro atoms. The molecule has 3 rings (SSSR count). The molecule has 0 radical (unpaired) electrons. The van der Waals surface area contributed by atoms with Crippen LogP contribution in [-0.2, 0) is 4.79 Å². The molecule has 1 aromatic heterocycles. The lowest BCUT2D eigenvalue weighted by molar-refractivity contribution is -0.116. The Balaban J connectivity index is 1.82. The zero-order chi connectivity index (χ0) is 11.8. The number of carbonyl (C=O) groups is 1. The van der Waals surface area contributed by atoms with Gasteiger partial charge in [0.25, 0.3) is 5.91 Å². The average Bonchev–Trinajstić information content (AvgIpc) is 3.01. The standard InChI is InChI=1S/C12H12ClN3O/c13-11-7-10(3-4-14-11)16-12(17)6-9(15-16)5-8-1-2-8/h3-4,7-8H,1-2,5-6H2. The van der Waals surface area contributed by atoms with E-state index >= 15 is 0 Å². The summed E-state index contributed by atoms with van der Waals surface area (Å²) in [4.78, 5) is 15.7. The van der Waals surface area contributed by atoms with Crippen molar-refractivity contribution >= 4 is 28.9 Å². The Labute approximate surface area is 104 Å². The topological polar surface area (TPSA) is 45.6 Å². The van der Waals surface area contributed by atoms with Crippen molar-refractivity contribution in [3.05, 3.63) is 23.5 Å². The number of carbonyl (C=O) groups excluding carboxylic acids is 1. The van der Waals surface area contributed by atoms with Gasteiger partial charge in [-0.2, -0.15) is 5.10 Å². The van der Waals surface area contributed by atoms with E-state index in [0.29, 0.717) is 17.3 Å². The zero-order valence-electron chi connectivity index (χ0n) is 9.27. The molecule has 88 valence electrons. The van der Waals surface area contributed by atoms with Crippen LogP contribution in [0.15, 0.2) is 23.4 Å². The largest absolute Gasteiger partial charge is 0.272 e. The molecule has 5 heteroatoms. The maximum Gasteiger partial charge on any atom is 0.253 e. The molecule has 0 N–H and O–H groups in total. The van der Waals surface area contributed by atoms with Crippen molar-refractivity contribution < 1.29 is 4.79 Å². The van der Waals surface area contributed by atoms with Crippen molar-refractivity contribution in [2.24, 2.45) is 11.0 Å². The maximum atomic E-state index is 11.8. The molecule has 17 heavy (non-hydrogen) atoms. The van der Waals surface area contributed by atoms with Gasteiger partial charge in [-0.3, -0.25) is 4.79 Å². The Bertz CT molecular complexity index is 496. The summed E-state index contributed by atoms with van der Waals surface area (Å²) in [7, 11) is 0. The lowest BCUT2D eigenvalue weighted by Crippen LogP contribution is -2.19. The van der Waals surface area contributed by atoms with Crippen LogP contribution in [0.4, 0.5) is 5.69 Å². The van der Waals surface area contributed by atoms with Crippen LogP contribution in [0.1, 0.15) is 25.7 Å². The number of amides is 1. The van der Waals surface area contributed by atoms with E-state index in [-0.39, 0.29) is 5.91 Å². The number of nitrogens with zero attached hydrogens (tertiary/aromatic N) is 3. The van der Waals surface area contributed by atoms with Crippen LogP contribution in [-0.4, -0.2) is 16.6 Å². The lowest BCUT2D eigenvalue weighted by Gasteiger charge is -2.10. The highest BCUT2D eigenvalue weighted by molar-refractivity contribution is 6.29. The number of halogens is 1. The van der Waals surface area contributed by atoms with Crippen LogP contribution in [0.2, 0.25) is 5.15 Å². The van der Waals surface area contributed by atoms with Crippen LogP contribution in [0.25, 0.3) is 0 Å². The van der Waals surface area contributed by atoms with Crippen LogP contribution in [0.3, 0.4) is 0 Å². The minimum Gasteiger partial charge on any atom is -0.272 e. The number of hydrogen-bond donors (Lipinski definition) is 0. The molecule has 1 aromatic rings. The number of rotatable bonds is 3. The quantitative estimate of drug-likeness (QED) is 0.773. The van der Waals surface area contributed by atoms with Gasteiger partial charge in [0.15, 0.2) is 0 Å². The molecule has 1 aliphatic carbocycles. The first kappa shape index (κ1) is 10.7. The van der Waals surface area contributed by atoms with Gasteiger partial charge < -0.3 is 0 Å². The van der Waals surface area contributed by atoms with Crippen molar-refractivity contribution in [1.29, 1.82) is 0 Å². The van der Waals surface area contributed by atoms with Gasteiger partial charge in [-0.05, 0) is 31.2 Å². The Morgan fingerprint density at radius 2 is 2.29 bits per heavy atom. The predicted octanol–water partition coefficient (Wildman–Crippen LogP) is 2.63. The summed E-state index contributed by atoms with van der Waals surface area (Å²) in [6, 6.07) is 3.40. The van der Waals surface area contributed by atoms with E-state index in [1.807, 2.05) is 0 Å². The summed E-state index contributed by atoms with van der Waals surface area (Å²) >= 11 is 5.80. The fraction of sp³-hybridized carbons (Fsp3) is 0.417. The molecule has 2 aliphatic rings. The van der Waals surface area contributed by atoms with E-state index in [4.69, 9.17) is 11.6 Å². The highest BCUT2D eigenvalue weighted by Crippen LogP contribution is 2.34. The maximum absolute atomic E-state index is 11.8. The molecule has 4 nitrogen and oxygen atoms in total. The molecule has 2 heterocycles. The Hall–Kier alpha value is -1.42. The van der Waals surface area contributed by atoms with Crippen molar-refractivity contribution in [1.82, 2.24) is 4.98 Å². The minimum atomic E-state index is 0.0166. The minimum absolute atomic E-state index is 0.0166. The van der Waals surface area contributed by atoms with Crippen LogP contribution < -0.4 is 5.01 Å². The smallest absolute Gasteiger partial charge is 0.253 e. The van der Waals surface area contributed by atoms with Gasteiger partial charge in [-0.25, -0.2) is 9.99 Å². The van der Waals surface area contributed by atoms with Crippen LogP contribution in [0, 0.1) is 5.92 Å². The highest BCUT2D eigenvalue weighted by Gasteiger charge is 2.30. The lowest BCUT2D eigenvalue weighted by atomic mass is 10.1. The molecule has 0 bridgehead atoms. The Morgan fingerprint density at radius 3 is 3.00 bits per heavy atom. The molecule has 0 atom stereocenters. The van der Waals surface area contributed by atoms with Gasteiger partial charge in [-0.1, -0.05) is 11.6 Å². The van der Waals surface area contributed by atoms with E-state index < -0.39 is 0 Å². The highest BCUT2D eigenvalue weighted by atomic mass is 35.5. The molecule has 0 unspecified atom stereocenters. The first-order chi connectivity index (χ1) is 8.22. The van der Waals surface area contributed by atoms with Gasteiger partial charge in [0.05, 0.1) is 12.1 Å². The SMILES string of the molecule is O=C1CC(CC2CC2)=NN1c1ccnc(Cl)c1. The van der Waals surface area contributed by atoms with Crippen molar-refractivity contribution in [3.63, 3.8) is 0 Å². The summed E-state index contributed by atoms with van der Waals surface area (Å²) in [5.41, 5.74) is 1.69. The Morgan fingerprint density at radius 1 is 1.47 bits per heavy atom. The summed E-state index contributed by atoms with van der Waals surface area (Å²) in [6.07, 6.45) is 5.53. The second-order valence-corrected chi connectivity index (χ2v) is 4.92. The molecule has 0 saturated heterocycles. The van der Waals surface area contributed by atoms with Gasteiger partial charge in [0, 0.05) is 18.0 Å². The van der Waals surface area contributed by atoms with Gasteiger partial charge in [-0.15, -0.1) is 0 Å². The van der Waals surface area contributed by atoms with Gasteiger partial charge >= 0.3 is 0 Å². The predicted molar refractivity (Wildman–Crippen MR) is 66.1 cm³/mol. The van der Waals surface area contributed by atoms with Crippen LogP contribution in [0.5, 0.6) is 0 Å². The third-order valence-corrected chi connectivity index (χ3v) is 3.22. The Kier molecular flexibility index (Phi) is 2.59. The summed E-state index contributed by atoms with van der Waals surface area (Å²) in [5, 5.41) is 6.19. The number of pyridine rings is 1.